The third-order valence-corrected chi connectivity index (χ3v) is 3.57. The first-order valence-electron chi connectivity index (χ1n) is 6.89. The van der Waals surface area contributed by atoms with Crippen LogP contribution in [0.3, 0.4) is 0 Å². The number of aromatic hydroxyl groups is 2. The SMILES string of the molecule is Cn1cc(C(=O)c2cc(Cc3ccc(F)cc3)co2)c(O)c1O. The monoisotopic (exact) mass is 315 g/mol. The highest BCUT2D eigenvalue weighted by molar-refractivity contribution is 6.09. The van der Waals surface area contributed by atoms with Crippen molar-refractivity contribution < 1.29 is 23.8 Å². The van der Waals surface area contributed by atoms with Crippen LogP contribution in [0.1, 0.15) is 27.2 Å². The molecule has 2 heterocycles. The van der Waals surface area contributed by atoms with E-state index in [0.29, 0.717) is 6.42 Å². The van der Waals surface area contributed by atoms with E-state index in [1.54, 1.807) is 18.2 Å². The lowest BCUT2D eigenvalue weighted by Gasteiger charge is -1.97. The molecule has 0 amide bonds. The predicted molar refractivity (Wildman–Crippen MR) is 80.1 cm³/mol. The highest BCUT2D eigenvalue weighted by Crippen LogP contribution is 2.32. The number of hydrogen-bond acceptors (Lipinski definition) is 4. The molecule has 0 aliphatic carbocycles. The van der Waals surface area contributed by atoms with Crippen LogP contribution in [0.4, 0.5) is 4.39 Å². The Labute approximate surface area is 131 Å². The number of aromatic nitrogens is 1. The molecule has 0 atom stereocenters. The summed E-state index contributed by atoms with van der Waals surface area (Å²) in [6.45, 7) is 0. The molecule has 0 fully saturated rings. The molecular formula is C17H14FNO4. The minimum absolute atomic E-state index is 0.0346. The normalized spacial score (nSPS) is 10.9. The Morgan fingerprint density at radius 2 is 1.91 bits per heavy atom. The van der Waals surface area contributed by atoms with Crippen molar-refractivity contribution in [2.45, 2.75) is 6.42 Å². The van der Waals surface area contributed by atoms with Crippen LogP contribution < -0.4 is 0 Å². The van der Waals surface area contributed by atoms with E-state index in [1.807, 2.05) is 0 Å². The molecule has 0 aliphatic rings. The van der Waals surface area contributed by atoms with Crippen LogP contribution in [0, 0.1) is 5.82 Å². The lowest BCUT2D eigenvalue weighted by atomic mass is 10.1. The summed E-state index contributed by atoms with van der Waals surface area (Å²) < 4.78 is 19.4. The topological polar surface area (TPSA) is 75.6 Å². The predicted octanol–water partition coefficient (Wildman–Crippen LogP) is 2.99. The van der Waals surface area contributed by atoms with Crippen LogP contribution in [0.25, 0.3) is 0 Å². The van der Waals surface area contributed by atoms with Crippen molar-refractivity contribution in [2.24, 2.45) is 7.05 Å². The van der Waals surface area contributed by atoms with Gasteiger partial charge in [-0.2, -0.15) is 0 Å². The van der Waals surface area contributed by atoms with Gasteiger partial charge in [-0.05, 0) is 29.3 Å². The molecule has 2 aromatic heterocycles. The minimum Gasteiger partial charge on any atom is -0.503 e. The number of ketones is 1. The minimum atomic E-state index is -0.524. The summed E-state index contributed by atoms with van der Waals surface area (Å²) in [4.78, 5) is 12.3. The van der Waals surface area contributed by atoms with Gasteiger partial charge in [0.1, 0.15) is 5.82 Å². The molecule has 0 aliphatic heterocycles. The largest absolute Gasteiger partial charge is 0.503 e. The van der Waals surface area contributed by atoms with Crippen molar-refractivity contribution in [3.8, 4) is 11.6 Å². The highest BCUT2D eigenvalue weighted by atomic mass is 19.1. The maximum atomic E-state index is 12.9. The molecule has 5 nitrogen and oxygen atoms in total. The molecule has 0 unspecified atom stereocenters. The number of carbonyl (C=O) groups excluding carboxylic acids is 1. The van der Waals surface area contributed by atoms with Gasteiger partial charge in [0.15, 0.2) is 11.5 Å². The number of furan rings is 1. The third kappa shape index (κ3) is 2.83. The molecule has 0 saturated carbocycles. The van der Waals surface area contributed by atoms with E-state index in [4.69, 9.17) is 4.42 Å². The number of hydrogen-bond donors (Lipinski definition) is 2. The Morgan fingerprint density at radius 1 is 1.22 bits per heavy atom. The number of carbonyl (C=O) groups is 1. The lowest BCUT2D eigenvalue weighted by Crippen LogP contribution is -1.98. The van der Waals surface area contributed by atoms with Gasteiger partial charge in [-0.3, -0.25) is 4.79 Å². The fourth-order valence-electron chi connectivity index (χ4n) is 2.33. The van der Waals surface area contributed by atoms with Crippen molar-refractivity contribution in [2.75, 3.05) is 0 Å². The molecular weight excluding hydrogens is 301 g/mol. The first-order chi connectivity index (χ1) is 11.0. The Hall–Kier alpha value is -3.02. The Kier molecular flexibility index (Phi) is 3.65. The van der Waals surface area contributed by atoms with E-state index in [2.05, 4.69) is 0 Å². The fraction of sp³-hybridized carbons (Fsp3) is 0.118. The molecule has 118 valence electrons. The average Bonchev–Trinajstić information content (AvgIpc) is 3.10. The summed E-state index contributed by atoms with van der Waals surface area (Å²) in [6.07, 6.45) is 3.26. The van der Waals surface area contributed by atoms with Crippen molar-refractivity contribution in [3.05, 3.63) is 71.1 Å². The molecule has 0 saturated heterocycles. The average molecular weight is 315 g/mol. The maximum Gasteiger partial charge on any atom is 0.235 e. The van der Waals surface area contributed by atoms with Gasteiger partial charge in [0.05, 0.1) is 11.8 Å². The zero-order valence-electron chi connectivity index (χ0n) is 12.3. The third-order valence-electron chi connectivity index (χ3n) is 3.57. The number of rotatable bonds is 4. The Balaban J connectivity index is 1.82. The molecule has 1 aromatic carbocycles. The summed E-state index contributed by atoms with van der Waals surface area (Å²) in [6, 6.07) is 7.61. The molecule has 6 heteroatoms. The summed E-state index contributed by atoms with van der Waals surface area (Å²) in [5.41, 5.74) is 1.60. The van der Waals surface area contributed by atoms with Crippen molar-refractivity contribution >= 4 is 5.78 Å². The summed E-state index contributed by atoms with van der Waals surface area (Å²) in [5, 5.41) is 19.3. The van der Waals surface area contributed by atoms with Gasteiger partial charge in [0, 0.05) is 19.7 Å². The zero-order valence-corrected chi connectivity index (χ0v) is 12.3. The fourth-order valence-corrected chi connectivity index (χ4v) is 2.33. The number of benzene rings is 1. The maximum absolute atomic E-state index is 12.9. The second-order valence-corrected chi connectivity index (χ2v) is 5.28. The van der Waals surface area contributed by atoms with Gasteiger partial charge in [0.2, 0.25) is 11.7 Å². The smallest absolute Gasteiger partial charge is 0.235 e. The Morgan fingerprint density at radius 3 is 2.52 bits per heavy atom. The molecule has 2 N–H and O–H groups in total. The summed E-state index contributed by atoms with van der Waals surface area (Å²) >= 11 is 0. The van der Waals surface area contributed by atoms with E-state index >= 15 is 0 Å². The number of nitrogens with zero attached hydrogens (tertiary/aromatic N) is 1. The van der Waals surface area contributed by atoms with Crippen molar-refractivity contribution in [3.63, 3.8) is 0 Å². The van der Waals surface area contributed by atoms with Crippen LogP contribution in [0.2, 0.25) is 0 Å². The first-order valence-corrected chi connectivity index (χ1v) is 6.89. The quantitative estimate of drug-likeness (QED) is 0.726. The summed E-state index contributed by atoms with van der Waals surface area (Å²) in [5.74, 6) is -1.64. The second-order valence-electron chi connectivity index (χ2n) is 5.28. The van der Waals surface area contributed by atoms with Crippen LogP contribution in [-0.4, -0.2) is 20.6 Å². The number of aryl methyl sites for hydroxylation is 1. The van der Waals surface area contributed by atoms with Gasteiger partial charge in [-0.1, -0.05) is 12.1 Å². The van der Waals surface area contributed by atoms with Gasteiger partial charge in [-0.25, -0.2) is 4.39 Å². The standard InChI is InChI=1S/C17H14FNO4/c1-19-8-13(16(21)17(19)22)15(20)14-7-11(9-23-14)6-10-2-4-12(18)5-3-10/h2-5,7-9,21-22H,6H2,1H3. The Bertz CT molecular complexity index is 861. The molecule has 23 heavy (non-hydrogen) atoms. The van der Waals surface area contributed by atoms with E-state index in [1.165, 1.54) is 36.2 Å². The second kappa shape index (κ2) is 5.64. The van der Waals surface area contributed by atoms with Crippen molar-refractivity contribution in [1.82, 2.24) is 4.57 Å². The van der Waals surface area contributed by atoms with Crippen LogP contribution in [0.15, 0.2) is 47.2 Å². The van der Waals surface area contributed by atoms with Gasteiger partial charge in [-0.15, -0.1) is 0 Å². The zero-order chi connectivity index (χ0) is 16.6. The van der Waals surface area contributed by atoms with Crippen LogP contribution >= 0.6 is 0 Å². The van der Waals surface area contributed by atoms with E-state index in [0.717, 1.165) is 11.1 Å². The number of halogens is 1. The van der Waals surface area contributed by atoms with Gasteiger partial charge in [0.25, 0.3) is 0 Å². The first kappa shape index (κ1) is 14.9. The summed E-state index contributed by atoms with van der Waals surface area (Å²) in [7, 11) is 1.51. The van der Waals surface area contributed by atoms with Gasteiger partial charge >= 0.3 is 0 Å². The van der Waals surface area contributed by atoms with E-state index < -0.39 is 11.5 Å². The molecule has 3 rings (SSSR count). The van der Waals surface area contributed by atoms with Gasteiger partial charge < -0.3 is 19.2 Å². The van der Waals surface area contributed by atoms with E-state index in [9.17, 15) is 19.4 Å². The molecule has 0 radical (unpaired) electrons. The van der Waals surface area contributed by atoms with Crippen molar-refractivity contribution in [1.29, 1.82) is 0 Å². The molecule has 0 spiro atoms. The van der Waals surface area contributed by atoms with E-state index in [-0.39, 0.29) is 23.0 Å². The highest BCUT2D eigenvalue weighted by Gasteiger charge is 2.22. The van der Waals surface area contributed by atoms with Crippen LogP contribution in [0.5, 0.6) is 11.6 Å². The molecule has 3 aromatic rings. The molecule has 0 bridgehead atoms. The lowest BCUT2D eigenvalue weighted by molar-refractivity contribution is 0.101. The van der Waals surface area contributed by atoms with Crippen LogP contribution in [-0.2, 0) is 13.5 Å².